The summed E-state index contributed by atoms with van der Waals surface area (Å²) in [4.78, 5) is 0. The Morgan fingerprint density at radius 1 is 1.18 bits per heavy atom. The molecule has 0 saturated carbocycles. The van der Waals surface area contributed by atoms with E-state index in [-0.39, 0.29) is 5.54 Å². The van der Waals surface area contributed by atoms with Crippen LogP contribution in [0.4, 0.5) is 0 Å². The van der Waals surface area contributed by atoms with Crippen LogP contribution in [-0.2, 0) is 12.1 Å². The van der Waals surface area contributed by atoms with E-state index in [4.69, 9.17) is 5.73 Å². The monoisotopic (exact) mass is 238 g/mol. The Labute approximate surface area is 105 Å². The van der Waals surface area contributed by atoms with Crippen molar-refractivity contribution in [2.45, 2.75) is 71.4 Å². The average molecular weight is 238 g/mol. The van der Waals surface area contributed by atoms with Gasteiger partial charge in [-0.05, 0) is 20.3 Å². The maximum Gasteiger partial charge on any atom is 0.102 e. The number of hydrogen-bond acceptors (Lipinski definition) is 3. The minimum absolute atomic E-state index is 0.390. The number of rotatable bonds is 8. The van der Waals surface area contributed by atoms with Gasteiger partial charge in [0.15, 0.2) is 0 Å². The number of aromatic nitrogens is 3. The van der Waals surface area contributed by atoms with Crippen LogP contribution < -0.4 is 5.73 Å². The van der Waals surface area contributed by atoms with Crippen molar-refractivity contribution in [3.05, 3.63) is 11.9 Å². The Kier molecular flexibility index (Phi) is 5.62. The lowest BCUT2D eigenvalue weighted by atomic mass is 10.0. The summed E-state index contributed by atoms with van der Waals surface area (Å²) in [6.07, 6.45) is 9.77. The second-order valence-electron chi connectivity index (χ2n) is 5.36. The summed E-state index contributed by atoms with van der Waals surface area (Å²) in [5.74, 6) is 0. The van der Waals surface area contributed by atoms with E-state index in [9.17, 15) is 0 Å². The van der Waals surface area contributed by atoms with Gasteiger partial charge in [0, 0.05) is 6.54 Å². The number of unbranched alkanes of at least 4 members (excludes halogenated alkanes) is 5. The fourth-order valence-electron chi connectivity index (χ4n) is 1.76. The van der Waals surface area contributed by atoms with Gasteiger partial charge in [0.2, 0.25) is 0 Å². The minimum atomic E-state index is -0.390. The smallest absolute Gasteiger partial charge is 0.102 e. The molecule has 0 atom stereocenters. The van der Waals surface area contributed by atoms with Crippen LogP contribution in [0.1, 0.15) is 65.0 Å². The summed E-state index contributed by atoms with van der Waals surface area (Å²) in [7, 11) is 0. The van der Waals surface area contributed by atoms with Crippen molar-refractivity contribution in [3.63, 3.8) is 0 Å². The van der Waals surface area contributed by atoms with Crippen LogP contribution in [0.5, 0.6) is 0 Å². The van der Waals surface area contributed by atoms with Crippen LogP contribution >= 0.6 is 0 Å². The first-order chi connectivity index (χ1) is 8.04. The van der Waals surface area contributed by atoms with E-state index in [1.165, 1.54) is 38.5 Å². The van der Waals surface area contributed by atoms with Crippen molar-refractivity contribution in [1.29, 1.82) is 0 Å². The molecule has 0 amide bonds. The van der Waals surface area contributed by atoms with Gasteiger partial charge in [-0.3, -0.25) is 4.68 Å². The van der Waals surface area contributed by atoms with Crippen molar-refractivity contribution in [2.24, 2.45) is 5.73 Å². The molecular weight excluding hydrogens is 212 g/mol. The number of aryl methyl sites for hydroxylation is 1. The van der Waals surface area contributed by atoms with Gasteiger partial charge in [0.25, 0.3) is 0 Å². The number of hydrogen-bond donors (Lipinski definition) is 1. The van der Waals surface area contributed by atoms with Gasteiger partial charge < -0.3 is 5.73 Å². The van der Waals surface area contributed by atoms with E-state index in [1.54, 1.807) is 0 Å². The van der Waals surface area contributed by atoms with Crippen molar-refractivity contribution in [3.8, 4) is 0 Å². The minimum Gasteiger partial charge on any atom is -0.320 e. The SMILES string of the molecule is CCCCCCCCn1cc(C(C)(C)N)nn1. The van der Waals surface area contributed by atoms with Gasteiger partial charge in [-0.25, -0.2) is 0 Å². The molecule has 17 heavy (non-hydrogen) atoms. The summed E-state index contributed by atoms with van der Waals surface area (Å²) < 4.78 is 1.91. The van der Waals surface area contributed by atoms with Crippen LogP contribution in [0, 0.1) is 0 Å². The molecule has 0 bridgehead atoms. The summed E-state index contributed by atoms with van der Waals surface area (Å²) in [5, 5.41) is 8.21. The van der Waals surface area contributed by atoms with Gasteiger partial charge in [-0.15, -0.1) is 5.10 Å². The molecule has 0 spiro atoms. The van der Waals surface area contributed by atoms with E-state index in [0.29, 0.717) is 0 Å². The third-order valence-electron chi connectivity index (χ3n) is 2.94. The van der Waals surface area contributed by atoms with E-state index in [2.05, 4.69) is 17.2 Å². The number of nitrogens with two attached hydrogens (primary N) is 1. The zero-order chi connectivity index (χ0) is 12.7. The highest BCUT2D eigenvalue weighted by Gasteiger charge is 2.17. The molecule has 0 saturated heterocycles. The Morgan fingerprint density at radius 3 is 2.41 bits per heavy atom. The Bertz CT molecular complexity index is 311. The molecule has 0 radical (unpaired) electrons. The molecule has 0 aliphatic carbocycles. The molecule has 1 aromatic heterocycles. The molecule has 1 aromatic rings. The van der Waals surface area contributed by atoms with Crippen LogP contribution in [0.25, 0.3) is 0 Å². The molecule has 98 valence electrons. The largest absolute Gasteiger partial charge is 0.320 e. The Hall–Kier alpha value is -0.900. The molecule has 2 N–H and O–H groups in total. The van der Waals surface area contributed by atoms with Gasteiger partial charge in [-0.2, -0.15) is 0 Å². The molecule has 1 heterocycles. The molecule has 0 aliphatic rings. The molecule has 0 unspecified atom stereocenters. The van der Waals surface area contributed by atoms with Crippen LogP contribution in [0.3, 0.4) is 0 Å². The average Bonchev–Trinajstić information content (AvgIpc) is 2.71. The summed E-state index contributed by atoms with van der Waals surface area (Å²) in [5.41, 5.74) is 6.44. The van der Waals surface area contributed by atoms with Crippen LogP contribution in [0.15, 0.2) is 6.20 Å². The lowest BCUT2D eigenvalue weighted by Crippen LogP contribution is -2.29. The number of nitrogens with zero attached hydrogens (tertiary/aromatic N) is 3. The second kappa shape index (κ2) is 6.74. The summed E-state index contributed by atoms with van der Waals surface area (Å²) >= 11 is 0. The zero-order valence-corrected chi connectivity index (χ0v) is 11.4. The molecule has 0 aromatic carbocycles. The fourth-order valence-corrected chi connectivity index (χ4v) is 1.76. The lowest BCUT2D eigenvalue weighted by molar-refractivity contribution is 0.516. The molecule has 4 heteroatoms. The predicted octanol–water partition coefficient (Wildman–Crippen LogP) is 2.83. The van der Waals surface area contributed by atoms with Gasteiger partial charge in [0.1, 0.15) is 5.69 Å². The van der Waals surface area contributed by atoms with E-state index >= 15 is 0 Å². The van der Waals surface area contributed by atoms with Crippen molar-refractivity contribution >= 4 is 0 Å². The quantitative estimate of drug-likeness (QED) is 0.708. The molecule has 0 fully saturated rings. The highest BCUT2D eigenvalue weighted by molar-refractivity contribution is 5.05. The zero-order valence-electron chi connectivity index (χ0n) is 11.4. The first-order valence-electron chi connectivity index (χ1n) is 6.73. The highest BCUT2D eigenvalue weighted by atomic mass is 15.4. The van der Waals surface area contributed by atoms with E-state index < -0.39 is 0 Å². The van der Waals surface area contributed by atoms with E-state index in [0.717, 1.165) is 12.2 Å². The normalized spacial score (nSPS) is 12.0. The van der Waals surface area contributed by atoms with Gasteiger partial charge in [0.05, 0.1) is 11.7 Å². The summed E-state index contributed by atoms with van der Waals surface area (Å²) in [6.45, 7) is 7.10. The second-order valence-corrected chi connectivity index (χ2v) is 5.36. The van der Waals surface area contributed by atoms with Gasteiger partial charge in [-0.1, -0.05) is 44.2 Å². The van der Waals surface area contributed by atoms with E-state index in [1.807, 2.05) is 24.7 Å². The standard InChI is InChI=1S/C13H26N4/c1-4-5-6-7-8-9-10-17-11-12(15-16-17)13(2,3)14/h11H,4-10,14H2,1-3H3. The third kappa shape index (κ3) is 5.31. The lowest BCUT2D eigenvalue weighted by Gasteiger charge is -2.13. The third-order valence-corrected chi connectivity index (χ3v) is 2.94. The first kappa shape index (κ1) is 14.2. The Morgan fingerprint density at radius 2 is 1.82 bits per heavy atom. The Balaban J connectivity index is 2.21. The van der Waals surface area contributed by atoms with Crippen LogP contribution in [-0.4, -0.2) is 15.0 Å². The topological polar surface area (TPSA) is 56.7 Å². The first-order valence-corrected chi connectivity index (χ1v) is 6.73. The van der Waals surface area contributed by atoms with Crippen LogP contribution in [0.2, 0.25) is 0 Å². The molecule has 0 aliphatic heterocycles. The highest BCUT2D eigenvalue weighted by Crippen LogP contribution is 2.13. The predicted molar refractivity (Wildman–Crippen MR) is 70.6 cm³/mol. The maximum atomic E-state index is 5.96. The van der Waals surface area contributed by atoms with Crippen molar-refractivity contribution in [1.82, 2.24) is 15.0 Å². The fraction of sp³-hybridized carbons (Fsp3) is 0.846. The van der Waals surface area contributed by atoms with Gasteiger partial charge >= 0.3 is 0 Å². The molecule has 1 rings (SSSR count). The molecular formula is C13H26N4. The van der Waals surface area contributed by atoms with Crippen molar-refractivity contribution < 1.29 is 0 Å². The van der Waals surface area contributed by atoms with Crippen molar-refractivity contribution in [2.75, 3.05) is 0 Å². The molecule has 4 nitrogen and oxygen atoms in total. The maximum absolute atomic E-state index is 5.96. The summed E-state index contributed by atoms with van der Waals surface area (Å²) in [6, 6.07) is 0.